The minimum atomic E-state index is -0.670. The van der Waals surface area contributed by atoms with E-state index in [0.717, 1.165) is 39.4 Å². The van der Waals surface area contributed by atoms with Crippen molar-refractivity contribution in [2.45, 2.75) is 116 Å². The summed E-state index contributed by atoms with van der Waals surface area (Å²) < 4.78 is 0. The molecular weight excluding hydrogens is 594 g/mol. The molecule has 0 aliphatic carbocycles. The maximum Gasteiger partial charge on any atom is 0.0936 e. The van der Waals surface area contributed by atoms with Crippen molar-refractivity contribution in [1.82, 2.24) is 9.97 Å². The number of benzene rings is 3. The molecule has 5 aromatic rings. The number of pyridine rings is 2. The van der Waals surface area contributed by atoms with Gasteiger partial charge in [-0.05, 0) is 73.8 Å². The fraction of sp³-hybridized carbons (Fsp3) is 0.429. The van der Waals surface area contributed by atoms with Gasteiger partial charge < -0.3 is 0 Å². The van der Waals surface area contributed by atoms with E-state index >= 15 is 0 Å². The van der Waals surface area contributed by atoms with Crippen LogP contribution in [0, 0.1) is 0 Å². The molecule has 0 saturated carbocycles. The van der Waals surface area contributed by atoms with Gasteiger partial charge in [0.1, 0.15) is 0 Å². The molecule has 2 nitrogen and oxygen atoms in total. The van der Waals surface area contributed by atoms with Crippen molar-refractivity contribution in [2.75, 3.05) is 0 Å². The summed E-state index contributed by atoms with van der Waals surface area (Å²) in [7, 11) is 2.90. The largest absolute Gasteiger partial charge is 0.251 e. The lowest BCUT2D eigenvalue weighted by Crippen LogP contribution is -2.31. The summed E-state index contributed by atoms with van der Waals surface area (Å²) in [5, 5.41) is 1.99. The van der Waals surface area contributed by atoms with E-state index in [1.54, 1.807) is 0 Å². The molecule has 0 aliphatic rings. The highest BCUT2D eigenvalue weighted by Crippen LogP contribution is 2.62. The lowest BCUT2D eigenvalue weighted by atomic mass is 9.72. The van der Waals surface area contributed by atoms with Crippen LogP contribution in [0.1, 0.15) is 117 Å². The van der Waals surface area contributed by atoms with Gasteiger partial charge in [-0.15, -0.1) is 9.24 Å². The molecule has 0 radical (unpaired) electrons. The normalized spacial score (nSPS) is 13.6. The van der Waals surface area contributed by atoms with E-state index in [4.69, 9.17) is 9.97 Å². The van der Waals surface area contributed by atoms with Crippen LogP contribution in [0.15, 0.2) is 84.9 Å². The highest BCUT2D eigenvalue weighted by Gasteiger charge is 2.41. The summed E-state index contributed by atoms with van der Waals surface area (Å²) in [5.74, 6) is 0. The van der Waals surface area contributed by atoms with Crippen LogP contribution in [0.2, 0.25) is 0 Å². The Balaban J connectivity index is 1.93. The van der Waals surface area contributed by atoms with E-state index in [9.17, 15) is 0 Å². The Labute approximate surface area is 282 Å². The van der Waals surface area contributed by atoms with E-state index in [1.165, 1.54) is 22.3 Å². The van der Waals surface area contributed by atoms with Crippen molar-refractivity contribution in [3.05, 3.63) is 119 Å². The van der Waals surface area contributed by atoms with Gasteiger partial charge >= 0.3 is 0 Å². The zero-order valence-corrected chi connectivity index (χ0v) is 32.3. The maximum atomic E-state index is 5.41. The van der Waals surface area contributed by atoms with E-state index in [2.05, 4.69) is 177 Å². The van der Waals surface area contributed by atoms with Crippen molar-refractivity contribution in [1.29, 1.82) is 0 Å². The Kier molecular flexibility index (Phi) is 9.12. The number of fused-ring (bicyclic) bond motifs is 2. The molecule has 4 heteroatoms. The SMILES string of the molecule is CC(C)(C)c1cc(CP(C(C)(C)C)C(C)(C)C)c(C(P)(c2ccc3ccccc3n2)c2ccc3ccccc3n2)cc1C(C)(C)C. The Bertz CT molecular complexity index is 1780. The van der Waals surface area contributed by atoms with Crippen LogP contribution in [-0.4, -0.2) is 20.3 Å². The van der Waals surface area contributed by atoms with Gasteiger partial charge in [-0.3, -0.25) is 9.97 Å². The van der Waals surface area contributed by atoms with Crippen LogP contribution < -0.4 is 0 Å². The Morgan fingerprint density at radius 1 is 0.522 bits per heavy atom. The van der Waals surface area contributed by atoms with Gasteiger partial charge in [-0.1, -0.05) is 152 Å². The van der Waals surface area contributed by atoms with Crippen LogP contribution in [0.5, 0.6) is 0 Å². The predicted molar refractivity (Wildman–Crippen MR) is 207 cm³/mol. The smallest absolute Gasteiger partial charge is 0.0936 e. The molecule has 0 fully saturated rings. The molecule has 46 heavy (non-hydrogen) atoms. The predicted octanol–water partition coefficient (Wildman–Crippen LogP) is 12.1. The Hall–Kier alpha value is -2.66. The molecule has 0 spiro atoms. The molecule has 3 aromatic carbocycles. The third kappa shape index (κ3) is 6.82. The second kappa shape index (κ2) is 12.1. The van der Waals surface area contributed by atoms with Gasteiger partial charge in [-0.2, -0.15) is 0 Å². The van der Waals surface area contributed by atoms with Crippen LogP contribution in [0.25, 0.3) is 21.8 Å². The van der Waals surface area contributed by atoms with Crippen LogP contribution in [-0.2, 0) is 22.1 Å². The van der Waals surface area contributed by atoms with Gasteiger partial charge in [0.25, 0.3) is 0 Å². The Morgan fingerprint density at radius 2 is 0.935 bits per heavy atom. The van der Waals surface area contributed by atoms with Gasteiger partial charge in [-0.25, -0.2) is 0 Å². The second-order valence-corrected chi connectivity index (χ2v) is 21.8. The average molecular weight is 649 g/mol. The number of para-hydroxylation sites is 2. The van der Waals surface area contributed by atoms with E-state index in [0.29, 0.717) is 0 Å². The molecule has 2 heterocycles. The van der Waals surface area contributed by atoms with Crippen LogP contribution in [0.4, 0.5) is 0 Å². The monoisotopic (exact) mass is 648 g/mol. The first-order valence-electron chi connectivity index (χ1n) is 16.7. The number of hydrogen-bond donors (Lipinski definition) is 0. The van der Waals surface area contributed by atoms with Crippen molar-refractivity contribution in [2.24, 2.45) is 0 Å². The lowest BCUT2D eigenvalue weighted by molar-refractivity contribution is 0.528. The average Bonchev–Trinajstić information content (AvgIpc) is 2.96. The molecule has 0 saturated heterocycles. The van der Waals surface area contributed by atoms with Gasteiger partial charge in [0, 0.05) is 10.8 Å². The summed E-state index contributed by atoms with van der Waals surface area (Å²) in [6.45, 7) is 28.7. The zero-order chi connectivity index (χ0) is 33.9. The molecular formula is C42H54N2P2. The van der Waals surface area contributed by atoms with E-state index in [-0.39, 0.29) is 21.1 Å². The fourth-order valence-electron chi connectivity index (χ4n) is 7.01. The second-order valence-electron chi connectivity index (χ2n) is 17.1. The minimum Gasteiger partial charge on any atom is -0.251 e. The van der Waals surface area contributed by atoms with Gasteiger partial charge in [0.2, 0.25) is 0 Å². The van der Waals surface area contributed by atoms with Crippen LogP contribution in [0.3, 0.4) is 0 Å². The molecule has 242 valence electrons. The molecule has 2 aromatic heterocycles. The summed E-state index contributed by atoms with van der Waals surface area (Å²) >= 11 is 0. The molecule has 5 rings (SSSR count). The number of nitrogens with zero attached hydrogens (tertiary/aromatic N) is 2. The maximum absolute atomic E-state index is 5.41. The number of rotatable bonds is 5. The van der Waals surface area contributed by atoms with E-state index < -0.39 is 13.1 Å². The van der Waals surface area contributed by atoms with E-state index in [1.807, 2.05) is 0 Å². The molecule has 0 bridgehead atoms. The third-order valence-electron chi connectivity index (χ3n) is 9.24. The van der Waals surface area contributed by atoms with Crippen molar-refractivity contribution < 1.29 is 0 Å². The summed E-state index contributed by atoms with van der Waals surface area (Å²) in [4.78, 5) is 10.8. The summed E-state index contributed by atoms with van der Waals surface area (Å²) in [6, 6.07) is 30.9. The highest BCUT2D eigenvalue weighted by molar-refractivity contribution is 7.60. The summed E-state index contributed by atoms with van der Waals surface area (Å²) in [5.41, 5.74) is 9.48. The van der Waals surface area contributed by atoms with Crippen molar-refractivity contribution >= 4 is 39.0 Å². The highest BCUT2D eigenvalue weighted by atomic mass is 31.1. The quantitative estimate of drug-likeness (QED) is 0.177. The summed E-state index contributed by atoms with van der Waals surface area (Å²) in [6.07, 6.45) is 1.03. The molecule has 0 amide bonds. The van der Waals surface area contributed by atoms with Crippen molar-refractivity contribution in [3.8, 4) is 0 Å². The van der Waals surface area contributed by atoms with Crippen LogP contribution >= 0.6 is 17.2 Å². The molecule has 1 atom stereocenters. The van der Waals surface area contributed by atoms with Crippen molar-refractivity contribution in [3.63, 3.8) is 0 Å². The number of aromatic nitrogens is 2. The number of hydrogen-bond acceptors (Lipinski definition) is 2. The Morgan fingerprint density at radius 3 is 1.35 bits per heavy atom. The molecule has 0 aliphatic heterocycles. The first-order chi connectivity index (χ1) is 21.2. The molecule has 1 unspecified atom stereocenters. The zero-order valence-electron chi connectivity index (χ0n) is 30.2. The first kappa shape index (κ1) is 34.7. The minimum absolute atomic E-state index is 0.00590. The molecule has 0 N–H and O–H groups in total. The van der Waals surface area contributed by atoms with Gasteiger partial charge in [0.15, 0.2) is 0 Å². The standard InChI is InChI=1S/C42H54N2P2/c1-38(2,3)32-25-30(27-46(40(7,8)9)41(10,11)12)31(26-33(32)39(4,5)6)42(45,36-23-21-28-17-13-15-19-34(28)43-36)37-24-22-29-18-14-16-20-35(29)44-37/h13-26H,27,45H2,1-12H3. The first-order valence-corrected chi connectivity index (χ1v) is 18.8. The topological polar surface area (TPSA) is 25.8 Å². The lowest BCUT2D eigenvalue weighted by Gasteiger charge is -2.43. The third-order valence-corrected chi connectivity index (χ3v) is 14.0. The van der Waals surface area contributed by atoms with Gasteiger partial charge in [0.05, 0.1) is 27.6 Å². The fourth-order valence-corrected chi connectivity index (χ4v) is 11.2.